The molecule has 1 amide bonds. The van der Waals surface area contributed by atoms with Crippen LogP contribution in [0.25, 0.3) is 22.2 Å². The lowest BCUT2D eigenvalue weighted by Gasteiger charge is -2.38. The molecule has 2 atom stereocenters. The van der Waals surface area contributed by atoms with E-state index < -0.39 is 0 Å². The number of aromatic nitrogens is 4. The van der Waals surface area contributed by atoms with Crippen LogP contribution in [0.3, 0.4) is 0 Å². The van der Waals surface area contributed by atoms with E-state index in [9.17, 15) is 4.79 Å². The SMILES string of the molecule is O=C(c1ccc2noc(-c3ccccc3)c2c1)N1C2CCC1CC(n1nccn1)C2. The van der Waals surface area contributed by atoms with Gasteiger partial charge < -0.3 is 9.42 Å². The fourth-order valence-electron chi connectivity index (χ4n) is 5.10. The number of benzene rings is 2. The van der Waals surface area contributed by atoms with E-state index >= 15 is 0 Å². The van der Waals surface area contributed by atoms with E-state index in [1.54, 1.807) is 12.4 Å². The average molecular weight is 399 g/mol. The molecule has 4 heterocycles. The summed E-state index contributed by atoms with van der Waals surface area (Å²) in [7, 11) is 0. The fourth-order valence-corrected chi connectivity index (χ4v) is 5.10. The highest BCUT2D eigenvalue weighted by molar-refractivity contribution is 6.01. The Labute approximate surface area is 173 Å². The predicted molar refractivity (Wildman–Crippen MR) is 111 cm³/mol. The minimum atomic E-state index is 0.0940. The quantitative estimate of drug-likeness (QED) is 0.518. The second-order valence-corrected chi connectivity index (χ2v) is 8.18. The number of carbonyl (C=O) groups excluding carboxylic acids is 1. The lowest BCUT2D eigenvalue weighted by Crippen LogP contribution is -2.47. The van der Waals surface area contributed by atoms with E-state index in [1.807, 2.05) is 53.3 Å². The first kappa shape index (κ1) is 17.4. The van der Waals surface area contributed by atoms with Crippen LogP contribution in [0, 0.1) is 0 Å². The zero-order chi connectivity index (χ0) is 20.1. The summed E-state index contributed by atoms with van der Waals surface area (Å²) < 4.78 is 5.60. The minimum Gasteiger partial charge on any atom is -0.355 e. The maximum atomic E-state index is 13.5. The van der Waals surface area contributed by atoms with Crippen molar-refractivity contribution in [2.45, 2.75) is 43.8 Å². The van der Waals surface area contributed by atoms with E-state index in [0.717, 1.165) is 42.1 Å². The molecular weight excluding hydrogens is 378 g/mol. The van der Waals surface area contributed by atoms with Gasteiger partial charge in [0, 0.05) is 23.2 Å². The molecule has 4 aromatic rings. The minimum absolute atomic E-state index is 0.0940. The largest absolute Gasteiger partial charge is 0.355 e. The summed E-state index contributed by atoms with van der Waals surface area (Å²) in [6.07, 6.45) is 7.33. The van der Waals surface area contributed by atoms with Gasteiger partial charge in [-0.2, -0.15) is 15.0 Å². The molecule has 30 heavy (non-hydrogen) atoms. The normalized spacial score (nSPS) is 23.2. The third-order valence-electron chi connectivity index (χ3n) is 6.47. The van der Waals surface area contributed by atoms with Gasteiger partial charge in [-0.1, -0.05) is 35.5 Å². The maximum Gasteiger partial charge on any atom is 0.254 e. The maximum absolute atomic E-state index is 13.5. The van der Waals surface area contributed by atoms with Crippen LogP contribution in [-0.4, -0.2) is 43.0 Å². The highest BCUT2D eigenvalue weighted by Crippen LogP contribution is 2.41. The Bertz CT molecular complexity index is 1190. The molecule has 2 bridgehead atoms. The van der Waals surface area contributed by atoms with Crippen molar-refractivity contribution in [2.24, 2.45) is 0 Å². The van der Waals surface area contributed by atoms with Crippen LogP contribution >= 0.6 is 0 Å². The summed E-state index contributed by atoms with van der Waals surface area (Å²) in [6, 6.07) is 16.3. The highest BCUT2D eigenvalue weighted by atomic mass is 16.5. The first-order valence-electron chi connectivity index (χ1n) is 10.4. The van der Waals surface area contributed by atoms with E-state index in [4.69, 9.17) is 4.52 Å². The van der Waals surface area contributed by atoms with E-state index in [-0.39, 0.29) is 24.0 Å². The molecule has 7 nitrogen and oxygen atoms in total. The lowest BCUT2D eigenvalue weighted by atomic mass is 9.96. The van der Waals surface area contributed by atoms with E-state index in [1.165, 1.54) is 0 Å². The number of amides is 1. The third-order valence-corrected chi connectivity index (χ3v) is 6.47. The van der Waals surface area contributed by atoms with Gasteiger partial charge in [0.05, 0.1) is 23.8 Å². The van der Waals surface area contributed by atoms with Crippen LogP contribution < -0.4 is 0 Å². The first-order chi connectivity index (χ1) is 14.8. The summed E-state index contributed by atoms with van der Waals surface area (Å²) in [5, 5.41) is 13.7. The van der Waals surface area contributed by atoms with Crippen molar-refractivity contribution >= 4 is 16.8 Å². The van der Waals surface area contributed by atoms with Crippen LogP contribution in [0.2, 0.25) is 0 Å². The Balaban J connectivity index is 1.31. The molecule has 0 N–H and O–H groups in total. The second-order valence-electron chi connectivity index (χ2n) is 8.18. The zero-order valence-corrected chi connectivity index (χ0v) is 16.4. The predicted octanol–water partition coefficient (Wildman–Crippen LogP) is 4.09. The van der Waals surface area contributed by atoms with Gasteiger partial charge in [0.2, 0.25) is 0 Å². The lowest BCUT2D eigenvalue weighted by molar-refractivity contribution is 0.0512. The van der Waals surface area contributed by atoms with Gasteiger partial charge >= 0.3 is 0 Å². The van der Waals surface area contributed by atoms with E-state index in [2.05, 4.69) is 20.3 Å². The summed E-state index contributed by atoms with van der Waals surface area (Å²) in [6.45, 7) is 0. The fraction of sp³-hybridized carbons (Fsp3) is 0.304. The number of fused-ring (bicyclic) bond motifs is 3. The number of hydrogen-bond donors (Lipinski definition) is 0. The van der Waals surface area contributed by atoms with Crippen LogP contribution in [0.4, 0.5) is 0 Å². The van der Waals surface area contributed by atoms with Crippen LogP contribution in [-0.2, 0) is 0 Å². The topological polar surface area (TPSA) is 77.0 Å². The molecule has 2 aromatic carbocycles. The average Bonchev–Trinajstić information content (AvgIpc) is 3.52. The molecule has 0 saturated carbocycles. The van der Waals surface area contributed by atoms with Crippen molar-refractivity contribution in [1.82, 2.24) is 25.1 Å². The molecule has 2 saturated heterocycles. The summed E-state index contributed by atoms with van der Waals surface area (Å²) in [5.41, 5.74) is 2.41. The summed E-state index contributed by atoms with van der Waals surface area (Å²) in [5.74, 6) is 0.795. The van der Waals surface area contributed by atoms with Crippen molar-refractivity contribution in [3.63, 3.8) is 0 Å². The molecule has 7 heteroatoms. The highest BCUT2D eigenvalue weighted by Gasteiger charge is 2.44. The number of carbonyl (C=O) groups is 1. The molecule has 0 spiro atoms. The number of nitrogens with zero attached hydrogens (tertiary/aromatic N) is 5. The Morgan fingerprint density at radius 1 is 0.933 bits per heavy atom. The Kier molecular flexibility index (Phi) is 3.94. The molecule has 2 unspecified atom stereocenters. The van der Waals surface area contributed by atoms with Crippen LogP contribution in [0.15, 0.2) is 65.4 Å². The standard InChI is InChI=1S/C23H21N5O2/c29-23(27-17-7-8-18(27)14-19(13-17)28-24-10-11-25-28)16-6-9-21-20(12-16)22(30-26-21)15-4-2-1-3-5-15/h1-6,9-12,17-19H,7-8,13-14H2. The molecule has 2 aliphatic heterocycles. The van der Waals surface area contributed by atoms with Crippen LogP contribution in [0.1, 0.15) is 42.1 Å². The molecule has 0 radical (unpaired) electrons. The molecule has 2 aliphatic rings. The Morgan fingerprint density at radius 3 is 2.40 bits per heavy atom. The van der Waals surface area contributed by atoms with Gasteiger partial charge in [0.1, 0.15) is 5.52 Å². The zero-order valence-electron chi connectivity index (χ0n) is 16.4. The number of hydrogen-bond acceptors (Lipinski definition) is 5. The van der Waals surface area contributed by atoms with Crippen molar-refractivity contribution in [1.29, 1.82) is 0 Å². The Hall–Kier alpha value is -3.48. The first-order valence-corrected chi connectivity index (χ1v) is 10.4. The third kappa shape index (κ3) is 2.73. The number of rotatable bonds is 3. The molecule has 2 fully saturated rings. The van der Waals surface area contributed by atoms with Gasteiger partial charge in [-0.25, -0.2) is 0 Å². The van der Waals surface area contributed by atoms with Crippen molar-refractivity contribution < 1.29 is 9.32 Å². The van der Waals surface area contributed by atoms with Crippen molar-refractivity contribution in [3.8, 4) is 11.3 Å². The van der Waals surface area contributed by atoms with Gasteiger partial charge in [-0.15, -0.1) is 0 Å². The second kappa shape index (κ2) is 6.79. The monoisotopic (exact) mass is 399 g/mol. The molecular formula is C23H21N5O2. The Morgan fingerprint density at radius 2 is 1.67 bits per heavy atom. The molecule has 6 rings (SSSR count). The van der Waals surface area contributed by atoms with E-state index in [0.29, 0.717) is 11.3 Å². The van der Waals surface area contributed by atoms with Crippen LogP contribution in [0.5, 0.6) is 0 Å². The van der Waals surface area contributed by atoms with Gasteiger partial charge in [0.25, 0.3) is 5.91 Å². The smallest absolute Gasteiger partial charge is 0.254 e. The van der Waals surface area contributed by atoms with Gasteiger partial charge in [-0.05, 0) is 43.9 Å². The molecule has 150 valence electrons. The van der Waals surface area contributed by atoms with Crippen molar-refractivity contribution in [2.75, 3.05) is 0 Å². The van der Waals surface area contributed by atoms with Gasteiger partial charge in [-0.3, -0.25) is 4.79 Å². The molecule has 0 aliphatic carbocycles. The van der Waals surface area contributed by atoms with Gasteiger partial charge in [0.15, 0.2) is 5.76 Å². The number of piperidine rings is 1. The molecule has 2 aromatic heterocycles. The summed E-state index contributed by atoms with van der Waals surface area (Å²) in [4.78, 5) is 17.4. The summed E-state index contributed by atoms with van der Waals surface area (Å²) >= 11 is 0. The van der Waals surface area contributed by atoms with Crippen molar-refractivity contribution in [3.05, 3.63) is 66.5 Å².